The average Bonchev–Trinajstić information content (AvgIpc) is 2.07. The first-order valence-corrected chi connectivity index (χ1v) is 6.51. The van der Waals surface area contributed by atoms with E-state index in [1.807, 2.05) is 20.8 Å². The van der Waals surface area contributed by atoms with E-state index in [0.29, 0.717) is 0 Å². The topological polar surface area (TPSA) is 18.5 Å². The summed E-state index contributed by atoms with van der Waals surface area (Å²) < 4.78 is 0. The summed E-state index contributed by atoms with van der Waals surface area (Å²) in [7, 11) is 0. The van der Waals surface area contributed by atoms with Gasteiger partial charge in [-0.15, -0.1) is 0 Å². The molecule has 0 radical (unpaired) electrons. The maximum absolute atomic E-state index is 5.62. The molecular formula is C14H30O2. The zero-order valence-electron chi connectivity index (χ0n) is 12.2. The fourth-order valence-corrected chi connectivity index (χ4v) is 1.41. The molecule has 0 rings (SSSR count). The Labute approximate surface area is 102 Å². The second-order valence-electron chi connectivity index (χ2n) is 6.64. The molecule has 0 N–H and O–H groups in total. The van der Waals surface area contributed by atoms with Crippen LogP contribution in [0.4, 0.5) is 0 Å². The first-order valence-electron chi connectivity index (χ1n) is 6.51. The van der Waals surface area contributed by atoms with Crippen LogP contribution in [0.1, 0.15) is 74.1 Å². The van der Waals surface area contributed by atoms with Crippen LogP contribution in [-0.4, -0.2) is 11.7 Å². The molecule has 0 aliphatic carbocycles. The van der Waals surface area contributed by atoms with E-state index < -0.39 is 0 Å². The van der Waals surface area contributed by atoms with Gasteiger partial charge in [-0.25, -0.2) is 9.78 Å². The van der Waals surface area contributed by atoms with Crippen molar-refractivity contribution in [3.63, 3.8) is 0 Å². The highest BCUT2D eigenvalue weighted by molar-refractivity contribution is 4.73. The predicted molar refractivity (Wildman–Crippen MR) is 69.3 cm³/mol. The van der Waals surface area contributed by atoms with E-state index in [9.17, 15) is 0 Å². The van der Waals surface area contributed by atoms with Crippen molar-refractivity contribution < 1.29 is 9.78 Å². The molecule has 16 heavy (non-hydrogen) atoms. The molecule has 0 aliphatic rings. The monoisotopic (exact) mass is 230 g/mol. The van der Waals surface area contributed by atoms with Gasteiger partial charge in [-0.2, -0.15) is 0 Å². The van der Waals surface area contributed by atoms with Crippen molar-refractivity contribution in [2.24, 2.45) is 5.41 Å². The smallest absolute Gasteiger partial charge is 0.0978 e. The minimum Gasteiger partial charge on any atom is -0.232 e. The first kappa shape index (κ1) is 15.9. The molecule has 0 heterocycles. The molecular weight excluding hydrogens is 200 g/mol. The lowest BCUT2D eigenvalue weighted by atomic mass is 9.86. The molecule has 0 fully saturated rings. The van der Waals surface area contributed by atoms with Gasteiger partial charge in [-0.1, -0.05) is 47.0 Å². The highest BCUT2D eigenvalue weighted by Crippen LogP contribution is 2.28. The highest BCUT2D eigenvalue weighted by atomic mass is 17.2. The number of rotatable bonds is 6. The van der Waals surface area contributed by atoms with E-state index in [4.69, 9.17) is 9.78 Å². The summed E-state index contributed by atoms with van der Waals surface area (Å²) in [6, 6.07) is 0. The Morgan fingerprint density at radius 2 is 1.50 bits per heavy atom. The first-order chi connectivity index (χ1) is 7.17. The SMILES string of the molecule is CCCCCC(OOC(C)(C)C)C(C)(C)C. The Morgan fingerprint density at radius 3 is 1.88 bits per heavy atom. The van der Waals surface area contributed by atoms with Crippen LogP contribution in [0.5, 0.6) is 0 Å². The molecule has 0 spiro atoms. The Hall–Kier alpha value is -0.0800. The third-order valence-corrected chi connectivity index (χ3v) is 2.45. The molecule has 0 amide bonds. The van der Waals surface area contributed by atoms with Gasteiger partial charge in [0.1, 0.15) is 0 Å². The van der Waals surface area contributed by atoms with Crippen molar-refractivity contribution in [2.75, 3.05) is 0 Å². The lowest BCUT2D eigenvalue weighted by molar-refractivity contribution is -0.386. The largest absolute Gasteiger partial charge is 0.232 e. The van der Waals surface area contributed by atoms with Crippen molar-refractivity contribution in [3.8, 4) is 0 Å². The van der Waals surface area contributed by atoms with Crippen LogP contribution in [-0.2, 0) is 9.78 Å². The van der Waals surface area contributed by atoms with Crippen molar-refractivity contribution >= 4 is 0 Å². The van der Waals surface area contributed by atoms with E-state index >= 15 is 0 Å². The molecule has 0 saturated heterocycles. The summed E-state index contributed by atoms with van der Waals surface area (Å²) in [5.41, 5.74) is -0.0900. The Bertz CT molecular complexity index is 174. The second-order valence-corrected chi connectivity index (χ2v) is 6.64. The quantitative estimate of drug-likeness (QED) is 0.373. The van der Waals surface area contributed by atoms with E-state index in [2.05, 4.69) is 27.7 Å². The summed E-state index contributed by atoms with van der Waals surface area (Å²) in [6.07, 6.45) is 4.99. The molecule has 0 saturated carbocycles. The fourth-order valence-electron chi connectivity index (χ4n) is 1.41. The Kier molecular flexibility index (Phi) is 6.57. The minimum atomic E-state index is -0.228. The van der Waals surface area contributed by atoms with E-state index in [-0.39, 0.29) is 17.1 Å². The fraction of sp³-hybridized carbons (Fsp3) is 1.00. The molecule has 0 aromatic carbocycles. The molecule has 0 aromatic heterocycles. The van der Waals surface area contributed by atoms with Gasteiger partial charge >= 0.3 is 0 Å². The molecule has 98 valence electrons. The molecule has 0 bridgehead atoms. The molecule has 0 aromatic rings. The zero-order valence-corrected chi connectivity index (χ0v) is 12.2. The van der Waals surface area contributed by atoms with E-state index in [0.717, 1.165) is 6.42 Å². The van der Waals surface area contributed by atoms with Gasteiger partial charge in [0.05, 0.1) is 11.7 Å². The van der Waals surface area contributed by atoms with Crippen LogP contribution in [0.2, 0.25) is 0 Å². The van der Waals surface area contributed by atoms with Crippen LogP contribution in [0.3, 0.4) is 0 Å². The average molecular weight is 230 g/mol. The highest BCUT2D eigenvalue weighted by Gasteiger charge is 2.27. The molecule has 0 aliphatic heterocycles. The lowest BCUT2D eigenvalue weighted by Gasteiger charge is -2.32. The summed E-state index contributed by atoms with van der Waals surface area (Å²) in [4.78, 5) is 11.1. The van der Waals surface area contributed by atoms with Crippen molar-refractivity contribution in [3.05, 3.63) is 0 Å². The van der Waals surface area contributed by atoms with Crippen LogP contribution in [0, 0.1) is 5.41 Å². The van der Waals surface area contributed by atoms with Gasteiger partial charge in [-0.3, -0.25) is 0 Å². The van der Waals surface area contributed by atoms with Crippen LogP contribution < -0.4 is 0 Å². The summed E-state index contributed by atoms with van der Waals surface area (Å²) in [5, 5.41) is 0. The normalized spacial score (nSPS) is 15.2. The number of unbranched alkanes of at least 4 members (excludes halogenated alkanes) is 2. The molecule has 2 nitrogen and oxygen atoms in total. The Balaban J connectivity index is 4.12. The third-order valence-electron chi connectivity index (χ3n) is 2.45. The van der Waals surface area contributed by atoms with Crippen molar-refractivity contribution in [1.29, 1.82) is 0 Å². The number of hydrogen-bond donors (Lipinski definition) is 0. The van der Waals surface area contributed by atoms with Crippen molar-refractivity contribution in [2.45, 2.75) is 85.9 Å². The van der Waals surface area contributed by atoms with Crippen LogP contribution in [0.25, 0.3) is 0 Å². The van der Waals surface area contributed by atoms with E-state index in [1.54, 1.807) is 0 Å². The van der Waals surface area contributed by atoms with Crippen LogP contribution >= 0.6 is 0 Å². The molecule has 2 heteroatoms. The third kappa shape index (κ3) is 8.12. The minimum absolute atomic E-state index is 0.138. The van der Waals surface area contributed by atoms with Gasteiger partial charge in [0.2, 0.25) is 0 Å². The summed E-state index contributed by atoms with van der Waals surface area (Å²) >= 11 is 0. The summed E-state index contributed by atoms with van der Waals surface area (Å²) in [5.74, 6) is 0. The van der Waals surface area contributed by atoms with Gasteiger partial charge < -0.3 is 0 Å². The van der Waals surface area contributed by atoms with Crippen LogP contribution in [0.15, 0.2) is 0 Å². The maximum atomic E-state index is 5.62. The van der Waals surface area contributed by atoms with Crippen molar-refractivity contribution in [1.82, 2.24) is 0 Å². The molecule has 1 unspecified atom stereocenters. The summed E-state index contributed by atoms with van der Waals surface area (Å²) in [6.45, 7) is 14.9. The standard InChI is InChI=1S/C14H30O2/c1-8-9-10-11-12(13(2,3)4)15-16-14(5,6)7/h12H,8-11H2,1-7H3. The maximum Gasteiger partial charge on any atom is 0.0978 e. The van der Waals surface area contributed by atoms with Gasteiger partial charge in [0.25, 0.3) is 0 Å². The number of hydrogen-bond acceptors (Lipinski definition) is 2. The Morgan fingerprint density at radius 1 is 0.938 bits per heavy atom. The van der Waals surface area contributed by atoms with Gasteiger partial charge in [-0.05, 0) is 32.6 Å². The van der Waals surface area contributed by atoms with Gasteiger partial charge in [0.15, 0.2) is 0 Å². The second kappa shape index (κ2) is 6.61. The lowest BCUT2D eigenvalue weighted by Crippen LogP contribution is -2.33. The van der Waals surface area contributed by atoms with Gasteiger partial charge in [0, 0.05) is 0 Å². The molecule has 1 atom stereocenters. The zero-order chi connectivity index (χ0) is 12.8. The predicted octanol–water partition coefficient (Wildman–Crippen LogP) is 4.73. The van der Waals surface area contributed by atoms with E-state index in [1.165, 1.54) is 19.3 Å².